The van der Waals surface area contributed by atoms with Crippen molar-refractivity contribution in [2.45, 2.75) is 38.6 Å². The van der Waals surface area contributed by atoms with Crippen molar-refractivity contribution < 1.29 is 23.9 Å². The third-order valence-electron chi connectivity index (χ3n) is 3.65. The van der Waals surface area contributed by atoms with Gasteiger partial charge >= 0.3 is 0 Å². The fraction of sp³-hybridized carbons (Fsp3) is 0.800. The van der Waals surface area contributed by atoms with Gasteiger partial charge in [0, 0.05) is 38.5 Å². The number of rotatable bonds is 11. The molecule has 126 valence electrons. The summed E-state index contributed by atoms with van der Waals surface area (Å²) in [5.74, 6) is 0.175. The summed E-state index contributed by atoms with van der Waals surface area (Å²) in [6.07, 6.45) is 2.12. The minimum atomic E-state index is -0.0757. The summed E-state index contributed by atoms with van der Waals surface area (Å²) < 4.78 is 10.1. The van der Waals surface area contributed by atoms with Gasteiger partial charge < -0.3 is 20.1 Å². The van der Waals surface area contributed by atoms with Crippen LogP contribution in [0.3, 0.4) is 0 Å². The van der Waals surface area contributed by atoms with Gasteiger partial charge in [0.2, 0.25) is 11.8 Å². The summed E-state index contributed by atoms with van der Waals surface area (Å²) >= 11 is 0. The van der Waals surface area contributed by atoms with E-state index < -0.39 is 0 Å². The second-order valence-electron chi connectivity index (χ2n) is 5.50. The minimum absolute atomic E-state index is 0.0591. The number of hydrogen-bond acceptors (Lipinski definition) is 5. The van der Waals surface area contributed by atoms with Crippen LogP contribution in [0.4, 0.5) is 0 Å². The zero-order chi connectivity index (χ0) is 16.4. The maximum absolute atomic E-state index is 11.6. The van der Waals surface area contributed by atoms with E-state index in [4.69, 9.17) is 9.47 Å². The molecule has 0 aromatic carbocycles. The van der Waals surface area contributed by atoms with Crippen LogP contribution in [0.5, 0.6) is 0 Å². The average Bonchev–Trinajstić information content (AvgIpc) is 2.43. The smallest absolute Gasteiger partial charge is 0.222 e. The molecule has 1 rings (SSSR count). The summed E-state index contributed by atoms with van der Waals surface area (Å²) in [4.78, 5) is 33.9. The van der Waals surface area contributed by atoms with E-state index in [1.165, 1.54) is 0 Å². The molecule has 2 amide bonds. The highest BCUT2D eigenvalue weighted by atomic mass is 16.5. The van der Waals surface area contributed by atoms with Crippen molar-refractivity contribution in [1.29, 1.82) is 0 Å². The molecule has 0 aromatic heterocycles. The van der Waals surface area contributed by atoms with Gasteiger partial charge in [-0.3, -0.25) is 14.4 Å². The Hall–Kier alpha value is -1.47. The van der Waals surface area contributed by atoms with Crippen LogP contribution in [0.25, 0.3) is 0 Å². The summed E-state index contributed by atoms with van der Waals surface area (Å²) in [5, 5.41) is 5.57. The first-order valence-electron chi connectivity index (χ1n) is 7.66. The van der Waals surface area contributed by atoms with Crippen molar-refractivity contribution in [2.24, 2.45) is 5.92 Å². The normalized spacial score (nSPS) is 20.1. The molecule has 2 N–H and O–H groups in total. The number of amides is 2. The average molecular weight is 314 g/mol. The monoisotopic (exact) mass is 314 g/mol. The van der Waals surface area contributed by atoms with E-state index in [1.807, 2.05) is 0 Å². The molecule has 7 nitrogen and oxygen atoms in total. The second kappa shape index (κ2) is 10.3. The second-order valence-corrected chi connectivity index (χ2v) is 5.50. The number of ether oxygens (including phenoxy) is 2. The Balaban J connectivity index is 1.91. The van der Waals surface area contributed by atoms with Gasteiger partial charge in [-0.1, -0.05) is 0 Å². The van der Waals surface area contributed by atoms with E-state index in [2.05, 4.69) is 10.6 Å². The summed E-state index contributed by atoms with van der Waals surface area (Å²) in [6, 6.07) is 0.126. The van der Waals surface area contributed by atoms with E-state index in [9.17, 15) is 14.4 Å². The molecule has 0 saturated heterocycles. The Morgan fingerprint density at radius 1 is 1.05 bits per heavy atom. The van der Waals surface area contributed by atoms with Gasteiger partial charge in [0.1, 0.15) is 5.78 Å². The Morgan fingerprint density at radius 2 is 1.73 bits per heavy atom. The van der Waals surface area contributed by atoms with Crippen LogP contribution >= 0.6 is 0 Å². The Kier molecular flexibility index (Phi) is 8.69. The summed E-state index contributed by atoms with van der Waals surface area (Å²) in [7, 11) is 1.55. The van der Waals surface area contributed by atoms with Crippen molar-refractivity contribution in [3.8, 4) is 0 Å². The molecule has 0 spiro atoms. The fourth-order valence-electron chi connectivity index (χ4n) is 2.18. The predicted molar refractivity (Wildman–Crippen MR) is 80.3 cm³/mol. The number of Topliss-reactive ketones (excluding diaryl/α,β-unsaturated/α-hetero) is 1. The predicted octanol–water partition coefficient (Wildman–Crippen LogP) is 0.0296. The molecule has 1 aliphatic rings. The zero-order valence-electron chi connectivity index (χ0n) is 13.4. The Bertz CT molecular complexity index is 380. The van der Waals surface area contributed by atoms with Gasteiger partial charge in [-0.25, -0.2) is 0 Å². The molecule has 1 fully saturated rings. The van der Waals surface area contributed by atoms with Crippen LogP contribution in [-0.4, -0.2) is 57.1 Å². The molecular weight excluding hydrogens is 288 g/mol. The molecule has 1 saturated carbocycles. The summed E-state index contributed by atoms with van der Waals surface area (Å²) in [5.41, 5.74) is 0. The van der Waals surface area contributed by atoms with E-state index in [1.54, 1.807) is 14.0 Å². The molecule has 0 bridgehead atoms. The SMILES string of the molecule is COCCC(=O)NCCOCCC(=O)NC1CC(C(C)=O)C1. The van der Waals surface area contributed by atoms with Crippen molar-refractivity contribution in [3.63, 3.8) is 0 Å². The van der Waals surface area contributed by atoms with Gasteiger partial charge in [0.05, 0.1) is 19.8 Å². The number of carbonyl (C=O) groups excluding carboxylic acids is 3. The molecule has 0 atom stereocenters. The molecule has 0 aliphatic heterocycles. The van der Waals surface area contributed by atoms with E-state index in [0.29, 0.717) is 39.2 Å². The molecule has 0 aromatic rings. The Labute approximate surface area is 131 Å². The first-order chi connectivity index (χ1) is 10.5. The van der Waals surface area contributed by atoms with Crippen LogP contribution < -0.4 is 10.6 Å². The molecule has 0 radical (unpaired) electrons. The van der Waals surface area contributed by atoms with Gasteiger partial charge in [-0.15, -0.1) is 0 Å². The number of nitrogens with one attached hydrogen (secondary N) is 2. The maximum Gasteiger partial charge on any atom is 0.222 e. The molecule has 7 heteroatoms. The summed E-state index contributed by atoms with van der Waals surface area (Å²) in [6.45, 7) is 3.11. The molecular formula is C15H26N2O5. The van der Waals surface area contributed by atoms with Crippen molar-refractivity contribution in [2.75, 3.05) is 33.5 Å². The van der Waals surface area contributed by atoms with E-state index >= 15 is 0 Å². The highest BCUT2D eigenvalue weighted by molar-refractivity contribution is 5.80. The quantitative estimate of drug-likeness (QED) is 0.525. The number of carbonyl (C=O) groups is 3. The first-order valence-corrected chi connectivity index (χ1v) is 7.66. The Morgan fingerprint density at radius 3 is 2.36 bits per heavy atom. The van der Waals surface area contributed by atoms with Gasteiger partial charge in [-0.05, 0) is 19.8 Å². The van der Waals surface area contributed by atoms with Crippen LogP contribution in [0, 0.1) is 5.92 Å². The highest BCUT2D eigenvalue weighted by Gasteiger charge is 2.32. The third-order valence-corrected chi connectivity index (χ3v) is 3.65. The molecule has 0 heterocycles. The van der Waals surface area contributed by atoms with E-state index in [0.717, 1.165) is 12.8 Å². The highest BCUT2D eigenvalue weighted by Crippen LogP contribution is 2.27. The topological polar surface area (TPSA) is 93.7 Å². The third kappa shape index (κ3) is 7.51. The van der Waals surface area contributed by atoms with Crippen LogP contribution in [0.15, 0.2) is 0 Å². The van der Waals surface area contributed by atoms with Crippen molar-refractivity contribution in [3.05, 3.63) is 0 Å². The van der Waals surface area contributed by atoms with E-state index in [-0.39, 0.29) is 29.6 Å². The van der Waals surface area contributed by atoms with Gasteiger partial charge in [0.25, 0.3) is 0 Å². The fourth-order valence-corrected chi connectivity index (χ4v) is 2.18. The van der Waals surface area contributed by atoms with Crippen LogP contribution in [0.1, 0.15) is 32.6 Å². The van der Waals surface area contributed by atoms with Gasteiger partial charge in [-0.2, -0.15) is 0 Å². The lowest BCUT2D eigenvalue weighted by Crippen LogP contribution is -2.46. The molecule has 1 aliphatic carbocycles. The van der Waals surface area contributed by atoms with Crippen molar-refractivity contribution in [1.82, 2.24) is 10.6 Å². The molecule has 22 heavy (non-hydrogen) atoms. The lowest BCUT2D eigenvalue weighted by molar-refractivity contribution is -0.128. The van der Waals surface area contributed by atoms with Gasteiger partial charge in [0.15, 0.2) is 0 Å². The number of hydrogen-bond donors (Lipinski definition) is 2. The van der Waals surface area contributed by atoms with Crippen molar-refractivity contribution >= 4 is 17.6 Å². The minimum Gasteiger partial charge on any atom is -0.384 e. The number of ketones is 1. The zero-order valence-corrected chi connectivity index (χ0v) is 13.4. The maximum atomic E-state index is 11.6. The van der Waals surface area contributed by atoms with Crippen LogP contribution in [-0.2, 0) is 23.9 Å². The standard InChI is InChI=1S/C15H26N2O5/c1-11(18)12-9-13(10-12)17-15(20)4-7-22-8-5-16-14(19)3-6-21-2/h12-13H,3-10H2,1-2H3,(H,16,19)(H,17,20). The lowest BCUT2D eigenvalue weighted by Gasteiger charge is -2.34. The first kappa shape index (κ1) is 18.6. The largest absolute Gasteiger partial charge is 0.384 e. The lowest BCUT2D eigenvalue weighted by atomic mass is 9.78. The number of methoxy groups -OCH3 is 1. The van der Waals surface area contributed by atoms with Crippen LogP contribution in [0.2, 0.25) is 0 Å². The molecule has 0 unspecified atom stereocenters.